The van der Waals surface area contributed by atoms with Gasteiger partial charge in [0.05, 0.1) is 5.69 Å². The number of carbonyl (C=O) groups is 2. The van der Waals surface area contributed by atoms with Crippen LogP contribution in [0.4, 0.5) is 14.6 Å². The lowest BCUT2D eigenvalue weighted by Gasteiger charge is -2.26. The highest BCUT2D eigenvalue weighted by atomic mass is 19.3. The van der Waals surface area contributed by atoms with Crippen molar-refractivity contribution in [3.05, 3.63) is 60.1 Å². The molecule has 0 spiro atoms. The van der Waals surface area contributed by atoms with Crippen molar-refractivity contribution in [3.8, 4) is 0 Å². The van der Waals surface area contributed by atoms with Crippen molar-refractivity contribution in [2.75, 3.05) is 18.4 Å². The molecule has 0 atom stereocenters. The zero-order chi connectivity index (χ0) is 21.3. The van der Waals surface area contributed by atoms with E-state index in [0.29, 0.717) is 31.1 Å². The molecule has 2 amide bonds. The highest BCUT2D eigenvalue weighted by Crippen LogP contribution is 2.39. The molecule has 9 heteroatoms. The highest BCUT2D eigenvalue weighted by Gasteiger charge is 2.42. The maximum atomic E-state index is 14.6. The predicted molar refractivity (Wildman–Crippen MR) is 107 cm³/mol. The van der Waals surface area contributed by atoms with E-state index in [4.69, 9.17) is 0 Å². The fourth-order valence-electron chi connectivity index (χ4n) is 3.35. The van der Waals surface area contributed by atoms with E-state index in [1.54, 1.807) is 11.0 Å². The Morgan fingerprint density at radius 3 is 2.80 bits per heavy atom. The Morgan fingerprint density at radius 1 is 1.33 bits per heavy atom. The highest BCUT2D eigenvalue weighted by molar-refractivity contribution is 5.96. The van der Waals surface area contributed by atoms with Crippen LogP contribution in [-0.4, -0.2) is 45.0 Å². The van der Waals surface area contributed by atoms with Crippen LogP contribution in [0.2, 0.25) is 0 Å². The van der Waals surface area contributed by atoms with Crippen molar-refractivity contribution in [2.45, 2.75) is 31.1 Å². The van der Waals surface area contributed by atoms with Crippen molar-refractivity contribution in [1.82, 2.24) is 20.1 Å². The third-order valence-electron chi connectivity index (χ3n) is 5.23. The van der Waals surface area contributed by atoms with E-state index in [1.807, 2.05) is 6.08 Å². The van der Waals surface area contributed by atoms with Gasteiger partial charge in [0.2, 0.25) is 5.91 Å². The molecular weight excluding hydrogens is 392 g/mol. The summed E-state index contributed by atoms with van der Waals surface area (Å²) < 4.78 is 29.3. The van der Waals surface area contributed by atoms with E-state index in [0.717, 1.165) is 30.3 Å². The van der Waals surface area contributed by atoms with E-state index in [2.05, 4.69) is 27.1 Å². The molecule has 2 N–H and O–H groups in total. The fraction of sp³-hybridized carbons (Fsp3) is 0.333. The van der Waals surface area contributed by atoms with Crippen molar-refractivity contribution >= 4 is 23.2 Å². The number of hydrogen-bond donors (Lipinski definition) is 2. The van der Waals surface area contributed by atoms with Crippen LogP contribution in [0.25, 0.3) is 5.57 Å². The molecule has 2 aromatic heterocycles. The number of rotatable bonds is 6. The summed E-state index contributed by atoms with van der Waals surface area (Å²) in [5, 5.41) is 8.80. The number of anilines is 1. The van der Waals surface area contributed by atoms with Crippen molar-refractivity contribution in [3.63, 3.8) is 0 Å². The van der Waals surface area contributed by atoms with E-state index >= 15 is 0 Å². The number of hydrogen-bond acceptors (Lipinski definition) is 4. The van der Waals surface area contributed by atoms with Gasteiger partial charge in [-0.15, -0.1) is 0 Å². The summed E-state index contributed by atoms with van der Waals surface area (Å²) in [6, 6.07) is 4.19. The van der Waals surface area contributed by atoms with Crippen LogP contribution in [0.3, 0.4) is 0 Å². The maximum absolute atomic E-state index is 14.6. The van der Waals surface area contributed by atoms with E-state index in [9.17, 15) is 18.4 Å². The summed E-state index contributed by atoms with van der Waals surface area (Å²) in [5.74, 6) is -4.98. The summed E-state index contributed by atoms with van der Waals surface area (Å²) in [7, 11) is 0. The van der Waals surface area contributed by atoms with Gasteiger partial charge in [0.25, 0.3) is 0 Å². The number of amides is 2. The smallest absolute Gasteiger partial charge is 0.334 e. The average Bonchev–Trinajstić information content (AvgIpc) is 3.52. The average molecular weight is 413 g/mol. The Hall–Kier alpha value is -3.36. The summed E-state index contributed by atoms with van der Waals surface area (Å²) in [4.78, 5) is 29.7. The van der Waals surface area contributed by atoms with Gasteiger partial charge in [-0.1, -0.05) is 12.7 Å². The molecule has 1 fully saturated rings. The second kappa shape index (κ2) is 7.81. The number of H-pyrrole nitrogens is 1. The molecule has 1 aliphatic heterocycles. The lowest BCUT2D eigenvalue weighted by Crippen LogP contribution is -2.34. The Labute approximate surface area is 171 Å². The molecule has 2 aliphatic rings. The molecule has 0 saturated heterocycles. The molecule has 0 unspecified atom stereocenters. The fourth-order valence-corrected chi connectivity index (χ4v) is 3.35. The van der Waals surface area contributed by atoms with Crippen molar-refractivity contribution < 1.29 is 18.4 Å². The van der Waals surface area contributed by atoms with Gasteiger partial charge >= 0.3 is 11.8 Å². The number of aromatic nitrogens is 3. The lowest BCUT2D eigenvalue weighted by atomic mass is 10.0. The minimum atomic E-state index is -3.77. The van der Waals surface area contributed by atoms with Crippen LogP contribution in [0, 0.1) is 0 Å². The molecule has 0 aromatic carbocycles. The van der Waals surface area contributed by atoms with Gasteiger partial charge in [0.1, 0.15) is 0 Å². The molecule has 2 aromatic rings. The Bertz CT molecular complexity index is 1010. The zero-order valence-electron chi connectivity index (χ0n) is 16.2. The van der Waals surface area contributed by atoms with Crippen LogP contribution in [-0.2, 0) is 15.5 Å². The molecule has 3 heterocycles. The Balaban J connectivity index is 1.45. The molecule has 0 radical (unpaired) electrons. The minimum absolute atomic E-state index is 0.0745. The number of pyridine rings is 1. The van der Waals surface area contributed by atoms with E-state index < -0.39 is 17.4 Å². The van der Waals surface area contributed by atoms with E-state index in [-0.39, 0.29) is 11.7 Å². The third kappa shape index (κ3) is 4.00. The molecule has 1 saturated carbocycles. The SMILES string of the molecule is C=CC(=O)N1CCC=C(c2ccc(C(F)(F)C(=O)Nc3cc(C4CC4)[nH]n3)cn2)C1. The van der Waals surface area contributed by atoms with Gasteiger partial charge in [0, 0.05) is 42.5 Å². The van der Waals surface area contributed by atoms with Gasteiger partial charge in [-0.3, -0.25) is 19.7 Å². The second-order valence-corrected chi connectivity index (χ2v) is 7.43. The summed E-state index contributed by atoms with van der Waals surface area (Å²) >= 11 is 0. The van der Waals surface area contributed by atoms with E-state index in [1.165, 1.54) is 18.2 Å². The maximum Gasteiger partial charge on any atom is 0.351 e. The number of nitrogens with zero attached hydrogens (tertiary/aromatic N) is 3. The Kier molecular flexibility index (Phi) is 5.19. The van der Waals surface area contributed by atoms with Gasteiger partial charge < -0.3 is 10.2 Å². The van der Waals surface area contributed by atoms with Crippen LogP contribution in [0.15, 0.2) is 43.1 Å². The van der Waals surface area contributed by atoms with Crippen LogP contribution in [0.5, 0.6) is 0 Å². The first-order valence-corrected chi connectivity index (χ1v) is 9.70. The lowest BCUT2D eigenvalue weighted by molar-refractivity contribution is -0.141. The quantitative estimate of drug-likeness (QED) is 0.712. The molecule has 30 heavy (non-hydrogen) atoms. The van der Waals surface area contributed by atoms with Gasteiger partial charge in [-0.25, -0.2) is 0 Å². The van der Waals surface area contributed by atoms with Gasteiger partial charge in [-0.05, 0) is 43.0 Å². The standard InChI is InChI=1S/C21H21F2N5O2/c1-2-19(29)28-9-3-4-14(12-28)16-8-7-15(11-24-16)21(22,23)20(30)25-18-10-17(26-27-18)13-5-6-13/h2,4,7-8,10-11,13H,1,3,5-6,9,12H2,(H2,25,26,27,30). The zero-order valence-corrected chi connectivity index (χ0v) is 16.2. The number of alkyl halides is 2. The molecule has 7 nitrogen and oxygen atoms in total. The topological polar surface area (TPSA) is 91.0 Å². The van der Waals surface area contributed by atoms with Gasteiger partial charge in [0.15, 0.2) is 5.82 Å². The minimum Gasteiger partial charge on any atom is -0.334 e. The molecule has 0 bridgehead atoms. The number of nitrogens with one attached hydrogen (secondary N) is 2. The predicted octanol–water partition coefficient (Wildman–Crippen LogP) is 3.21. The first-order valence-electron chi connectivity index (χ1n) is 9.70. The number of carbonyl (C=O) groups excluding carboxylic acids is 2. The molecule has 4 rings (SSSR count). The monoisotopic (exact) mass is 413 g/mol. The third-order valence-corrected chi connectivity index (χ3v) is 5.23. The number of halogens is 2. The largest absolute Gasteiger partial charge is 0.351 e. The normalized spacial score (nSPS) is 16.7. The van der Waals surface area contributed by atoms with Crippen molar-refractivity contribution in [1.29, 1.82) is 0 Å². The van der Waals surface area contributed by atoms with Crippen LogP contribution in [0.1, 0.15) is 42.1 Å². The van der Waals surface area contributed by atoms with Crippen molar-refractivity contribution in [2.24, 2.45) is 0 Å². The second-order valence-electron chi connectivity index (χ2n) is 7.43. The first-order chi connectivity index (χ1) is 14.4. The molecular formula is C21H21F2N5O2. The number of aromatic amines is 1. The van der Waals surface area contributed by atoms with Crippen LogP contribution >= 0.6 is 0 Å². The molecule has 1 aliphatic carbocycles. The van der Waals surface area contributed by atoms with Crippen LogP contribution < -0.4 is 5.32 Å². The van der Waals surface area contributed by atoms with Gasteiger partial charge in [-0.2, -0.15) is 13.9 Å². The Morgan fingerprint density at radius 2 is 2.13 bits per heavy atom. The first kappa shape index (κ1) is 19.9. The summed E-state index contributed by atoms with van der Waals surface area (Å²) in [5.41, 5.74) is 1.57. The summed E-state index contributed by atoms with van der Waals surface area (Å²) in [6.07, 6.45) is 6.85. The molecule has 156 valence electrons. The summed E-state index contributed by atoms with van der Waals surface area (Å²) in [6.45, 7) is 4.38.